The summed E-state index contributed by atoms with van der Waals surface area (Å²) in [6.45, 7) is 3.94. The molecule has 4 heteroatoms. The van der Waals surface area contributed by atoms with Gasteiger partial charge in [0.2, 0.25) is 5.91 Å². The van der Waals surface area contributed by atoms with Crippen LogP contribution in [0.5, 0.6) is 5.75 Å². The number of carbonyl (C=O) groups is 1. The van der Waals surface area contributed by atoms with Crippen molar-refractivity contribution in [3.63, 3.8) is 0 Å². The third-order valence-electron chi connectivity index (χ3n) is 2.88. The molecule has 2 aromatic rings. The number of hydrazone groups is 1. The van der Waals surface area contributed by atoms with Gasteiger partial charge in [-0.1, -0.05) is 42.5 Å². The van der Waals surface area contributed by atoms with E-state index >= 15 is 0 Å². The van der Waals surface area contributed by atoms with E-state index in [1.54, 1.807) is 6.21 Å². The molecule has 0 saturated heterocycles. The molecule has 2 rings (SSSR count). The van der Waals surface area contributed by atoms with E-state index in [0.717, 1.165) is 16.9 Å². The maximum absolute atomic E-state index is 11.8. The first-order valence-corrected chi connectivity index (χ1v) is 7.26. The maximum Gasteiger partial charge on any atom is 0.244 e. The molecule has 0 radical (unpaired) electrons. The zero-order valence-electron chi connectivity index (χ0n) is 12.8. The van der Waals surface area contributed by atoms with Gasteiger partial charge in [-0.15, -0.1) is 0 Å². The molecule has 0 aliphatic heterocycles. The second-order valence-electron chi connectivity index (χ2n) is 5.16. The lowest BCUT2D eigenvalue weighted by Crippen LogP contribution is -2.19. The molecule has 0 atom stereocenters. The number of hydrogen-bond donors (Lipinski definition) is 1. The van der Waals surface area contributed by atoms with Crippen LogP contribution in [0.4, 0.5) is 0 Å². The van der Waals surface area contributed by atoms with Crippen molar-refractivity contribution >= 4 is 12.1 Å². The quantitative estimate of drug-likeness (QED) is 0.657. The summed E-state index contributed by atoms with van der Waals surface area (Å²) in [4.78, 5) is 11.8. The van der Waals surface area contributed by atoms with Crippen LogP contribution in [-0.4, -0.2) is 18.2 Å². The minimum Gasteiger partial charge on any atom is -0.490 e. The van der Waals surface area contributed by atoms with Gasteiger partial charge in [-0.3, -0.25) is 4.79 Å². The van der Waals surface area contributed by atoms with Gasteiger partial charge < -0.3 is 4.74 Å². The number of amides is 1. The molecule has 22 heavy (non-hydrogen) atoms. The van der Waals surface area contributed by atoms with Crippen molar-refractivity contribution < 1.29 is 9.53 Å². The molecular formula is C18H20N2O2. The van der Waals surface area contributed by atoms with Crippen LogP contribution in [-0.2, 0) is 11.2 Å². The number of benzene rings is 2. The Morgan fingerprint density at radius 3 is 2.55 bits per heavy atom. The zero-order chi connectivity index (χ0) is 15.8. The molecule has 0 aliphatic rings. The van der Waals surface area contributed by atoms with E-state index in [-0.39, 0.29) is 12.0 Å². The van der Waals surface area contributed by atoms with Crippen LogP contribution in [0.3, 0.4) is 0 Å². The predicted octanol–water partition coefficient (Wildman–Crippen LogP) is 3.17. The Morgan fingerprint density at radius 2 is 1.82 bits per heavy atom. The number of hydrogen-bond acceptors (Lipinski definition) is 3. The molecule has 0 saturated carbocycles. The van der Waals surface area contributed by atoms with E-state index in [9.17, 15) is 4.79 Å². The van der Waals surface area contributed by atoms with Gasteiger partial charge in [-0.05, 0) is 31.5 Å². The SMILES string of the molecule is CC(C)Oc1ccccc1/C=N\NC(=O)Cc1ccccc1. The van der Waals surface area contributed by atoms with Gasteiger partial charge >= 0.3 is 0 Å². The van der Waals surface area contributed by atoms with Crippen LogP contribution in [0.15, 0.2) is 59.7 Å². The highest BCUT2D eigenvalue weighted by atomic mass is 16.5. The molecule has 0 fully saturated rings. The van der Waals surface area contributed by atoms with Crippen molar-refractivity contribution in [1.82, 2.24) is 5.43 Å². The molecule has 0 aromatic heterocycles. The highest BCUT2D eigenvalue weighted by molar-refractivity contribution is 5.85. The van der Waals surface area contributed by atoms with Crippen molar-refractivity contribution in [2.45, 2.75) is 26.4 Å². The monoisotopic (exact) mass is 296 g/mol. The van der Waals surface area contributed by atoms with Crippen LogP contribution in [0.25, 0.3) is 0 Å². The molecule has 0 heterocycles. The van der Waals surface area contributed by atoms with Crippen molar-refractivity contribution in [1.29, 1.82) is 0 Å². The topological polar surface area (TPSA) is 50.7 Å². The van der Waals surface area contributed by atoms with Crippen molar-refractivity contribution in [3.05, 3.63) is 65.7 Å². The Labute approximate surface area is 130 Å². The summed E-state index contributed by atoms with van der Waals surface area (Å²) in [6.07, 6.45) is 1.99. The number of nitrogens with one attached hydrogen (secondary N) is 1. The lowest BCUT2D eigenvalue weighted by molar-refractivity contribution is -0.120. The number of para-hydroxylation sites is 1. The summed E-state index contributed by atoms with van der Waals surface area (Å²) in [7, 11) is 0. The van der Waals surface area contributed by atoms with E-state index < -0.39 is 0 Å². The second-order valence-corrected chi connectivity index (χ2v) is 5.16. The molecule has 2 aromatic carbocycles. The van der Waals surface area contributed by atoms with Crippen LogP contribution in [0.1, 0.15) is 25.0 Å². The summed E-state index contributed by atoms with van der Waals surface area (Å²) in [5.74, 6) is 0.600. The molecule has 0 unspecified atom stereocenters. The van der Waals surface area contributed by atoms with Gasteiger partial charge in [-0.2, -0.15) is 5.10 Å². The molecule has 4 nitrogen and oxygen atoms in total. The lowest BCUT2D eigenvalue weighted by Gasteiger charge is -2.11. The molecule has 0 aliphatic carbocycles. The fraction of sp³-hybridized carbons (Fsp3) is 0.222. The van der Waals surface area contributed by atoms with Gasteiger partial charge in [0.15, 0.2) is 0 Å². The number of rotatable bonds is 6. The Kier molecular flexibility index (Phi) is 5.72. The van der Waals surface area contributed by atoms with Crippen LogP contribution in [0.2, 0.25) is 0 Å². The van der Waals surface area contributed by atoms with Crippen LogP contribution >= 0.6 is 0 Å². The molecule has 1 amide bonds. The van der Waals surface area contributed by atoms with Crippen molar-refractivity contribution in [2.75, 3.05) is 0 Å². The fourth-order valence-corrected chi connectivity index (χ4v) is 1.94. The maximum atomic E-state index is 11.8. The zero-order valence-corrected chi connectivity index (χ0v) is 12.8. The third-order valence-corrected chi connectivity index (χ3v) is 2.88. The van der Waals surface area contributed by atoms with Gasteiger partial charge in [0.25, 0.3) is 0 Å². The van der Waals surface area contributed by atoms with Crippen molar-refractivity contribution in [2.24, 2.45) is 5.10 Å². The normalized spacial score (nSPS) is 10.9. The Hall–Kier alpha value is -2.62. The van der Waals surface area contributed by atoms with Gasteiger partial charge in [-0.25, -0.2) is 5.43 Å². The van der Waals surface area contributed by atoms with Crippen LogP contribution < -0.4 is 10.2 Å². The highest BCUT2D eigenvalue weighted by Gasteiger charge is 2.04. The van der Waals surface area contributed by atoms with Gasteiger partial charge in [0, 0.05) is 5.56 Å². The number of nitrogens with zero attached hydrogens (tertiary/aromatic N) is 1. The summed E-state index contributed by atoms with van der Waals surface area (Å²) in [5.41, 5.74) is 4.32. The first-order chi connectivity index (χ1) is 10.6. The predicted molar refractivity (Wildman–Crippen MR) is 88.1 cm³/mol. The van der Waals surface area contributed by atoms with E-state index in [0.29, 0.717) is 6.42 Å². The third kappa shape index (κ3) is 5.05. The smallest absolute Gasteiger partial charge is 0.244 e. The summed E-state index contributed by atoms with van der Waals surface area (Å²) in [6, 6.07) is 17.1. The standard InChI is InChI=1S/C18H20N2O2/c1-14(2)22-17-11-7-6-10-16(17)13-19-20-18(21)12-15-8-4-3-5-9-15/h3-11,13-14H,12H2,1-2H3,(H,20,21)/b19-13-. The fourth-order valence-electron chi connectivity index (χ4n) is 1.94. The number of carbonyl (C=O) groups excluding carboxylic acids is 1. The molecule has 0 bridgehead atoms. The Balaban J connectivity index is 1.93. The molecular weight excluding hydrogens is 276 g/mol. The summed E-state index contributed by atoms with van der Waals surface area (Å²) < 4.78 is 5.69. The lowest BCUT2D eigenvalue weighted by atomic mass is 10.1. The largest absolute Gasteiger partial charge is 0.490 e. The molecule has 114 valence electrons. The molecule has 0 spiro atoms. The van der Waals surface area contributed by atoms with E-state index in [4.69, 9.17) is 4.74 Å². The Morgan fingerprint density at radius 1 is 1.14 bits per heavy atom. The Bertz CT molecular complexity index is 637. The van der Waals surface area contributed by atoms with Gasteiger partial charge in [0.1, 0.15) is 5.75 Å². The highest BCUT2D eigenvalue weighted by Crippen LogP contribution is 2.17. The summed E-state index contributed by atoms with van der Waals surface area (Å²) >= 11 is 0. The average molecular weight is 296 g/mol. The average Bonchev–Trinajstić information content (AvgIpc) is 2.49. The van der Waals surface area contributed by atoms with Crippen molar-refractivity contribution in [3.8, 4) is 5.75 Å². The van der Waals surface area contributed by atoms with Gasteiger partial charge in [0.05, 0.1) is 18.7 Å². The first kappa shape index (κ1) is 15.8. The second kappa shape index (κ2) is 7.98. The minimum atomic E-state index is -0.148. The molecule has 1 N–H and O–H groups in total. The van der Waals surface area contributed by atoms with E-state index in [1.807, 2.05) is 68.4 Å². The van der Waals surface area contributed by atoms with Crippen LogP contribution in [0, 0.1) is 0 Å². The number of ether oxygens (including phenoxy) is 1. The minimum absolute atomic E-state index is 0.0854. The first-order valence-electron chi connectivity index (χ1n) is 7.26. The van der Waals surface area contributed by atoms with E-state index in [2.05, 4.69) is 10.5 Å². The summed E-state index contributed by atoms with van der Waals surface area (Å²) in [5, 5.41) is 4.00. The van der Waals surface area contributed by atoms with E-state index in [1.165, 1.54) is 0 Å².